The van der Waals surface area contributed by atoms with Crippen molar-refractivity contribution in [1.82, 2.24) is 5.32 Å². The summed E-state index contributed by atoms with van der Waals surface area (Å²) in [5, 5.41) is 3.30. The van der Waals surface area contributed by atoms with Crippen LogP contribution in [0.15, 0.2) is 0 Å². The Hall–Kier alpha value is -0.610. The van der Waals surface area contributed by atoms with E-state index < -0.39 is 0 Å². The molecule has 4 nitrogen and oxygen atoms in total. The van der Waals surface area contributed by atoms with Gasteiger partial charge in [0.15, 0.2) is 0 Å². The first-order valence-corrected chi connectivity index (χ1v) is 5.27. The van der Waals surface area contributed by atoms with Crippen molar-refractivity contribution >= 4 is 5.97 Å². The lowest BCUT2D eigenvalue weighted by Gasteiger charge is -2.08. The molecule has 0 aromatic rings. The van der Waals surface area contributed by atoms with Gasteiger partial charge in [-0.2, -0.15) is 0 Å². The van der Waals surface area contributed by atoms with Gasteiger partial charge < -0.3 is 14.8 Å². The van der Waals surface area contributed by atoms with Crippen molar-refractivity contribution in [3.8, 4) is 0 Å². The van der Waals surface area contributed by atoms with Gasteiger partial charge in [0.25, 0.3) is 0 Å². The first-order chi connectivity index (χ1) is 6.83. The van der Waals surface area contributed by atoms with E-state index in [1.807, 2.05) is 0 Å². The lowest BCUT2D eigenvalue weighted by Crippen LogP contribution is -2.15. The molecule has 0 aromatic carbocycles. The largest absolute Gasteiger partial charge is 0.464 e. The smallest absolute Gasteiger partial charge is 0.332 e. The number of hydrogen-bond donors (Lipinski definition) is 1. The number of hydrogen-bond acceptors (Lipinski definition) is 4. The Morgan fingerprint density at radius 1 is 1.57 bits per heavy atom. The number of carbonyl (C=O) groups is 1. The summed E-state index contributed by atoms with van der Waals surface area (Å²) in [6.45, 7) is 5.17. The Morgan fingerprint density at radius 2 is 2.43 bits per heavy atom. The van der Waals surface area contributed by atoms with Crippen molar-refractivity contribution in [2.45, 2.75) is 19.8 Å². The molecule has 0 bridgehead atoms. The van der Waals surface area contributed by atoms with E-state index in [0.717, 1.165) is 25.4 Å². The lowest BCUT2D eigenvalue weighted by atomic mass is 10.1. The number of carbonyl (C=O) groups excluding carboxylic acids is 1. The highest BCUT2D eigenvalue weighted by Crippen LogP contribution is 2.11. The van der Waals surface area contributed by atoms with Gasteiger partial charge in [-0.1, -0.05) is 0 Å². The molecule has 0 aliphatic carbocycles. The molecule has 0 amide bonds. The van der Waals surface area contributed by atoms with E-state index >= 15 is 0 Å². The zero-order valence-corrected chi connectivity index (χ0v) is 8.75. The second-order valence-corrected chi connectivity index (χ2v) is 3.51. The van der Waals surface area contributed by atoms with Crippen LogP contribution in [0.25, 0.3) is 0 Å². The SMILES string of the molecule is CCOC(=O)COCCC1CCNC1. The monoisotopic (exact) mass is 201 g/mol. The predicted octanol–water partition coefficient (Wildman–Crippen LogP) is 0.566. The molecule has 1 atom stereocenters. The van der Waals surface area contributed by atoms with Gasteiger partial charge in [0.2, 0.25) is 0 Å². The second kappa shape index (κ2) is 6.79. The van der Waals surface area contributed by atoms with Crippen molar-refractivity contribution in [2.75, 3.05) is 32.9 Å². The average molecular weight is 201 g/mol. The lowest BCUT2D eigenvalue weighted by molar-refractivity contribution is -0.148. The van der Waals surface area contributed by atoms with Crippen LogP contribution < -0.4 is 5.32 Å². The molecule has 0 aromatic heterocycles. The minimum absolute atomic E-state index is 0.0913. The minimum atomic E-state index is -0.267. The predicted molar refractivity (Wildman–Crippen MR) is 53.0 cm³/mol. The quantitative estimate of drug-likeness (QED) is 0.504. The number of esters is 1. The summed E-state index contributed by atoms with van der Waals surface area (Å²) in [5.41, 5.74) is 0. The van der Waals surface area contributed by atoms with E-state index in [4.69, 9.17) is 9.47 Å². The normalized spacial score (nSPS) is 21.1. The molecule has 4 heteroatoms. The van der Waals surface area contributed by atoms with Gasteiger partial charge >= 0.3 is 5.97 Å². The molecule has 1 aliphatic rings. The number of nitrogens with one attached hydrogen (secondary N) is 1. The van der Waals surface area contributed by atoms with Crippen molar-refractivity contribution in [2.24, 2.45) is 5.92 Å². The van der Waals surface area contributed by atoms with E-state index in [0.29, 0.717) is 13.2 Å². The molecule has 1 N–H and O–H groups in total. The molecule has 14 heavy (non-hydrogen) atoms. The molecule has 1 heterocycles. The highest BCUT2D eigenvalue weighted by Gasteiger charge is 2.13. The summed E-state index contributed by atoms with van der Waals surface area (Å²) in [6.07, 6.45) is 2.26. The van der Waals surface area contributed by atoms with Gasteiger partial charge in [0.05, 0.1) is 6.61 Å². The molecule has 1 aliphatic heterocycles. The van der Waals surface area contributed by atoms with Crippen LogP contribution in [-0.4, -0.2) is 38.9 Å². The van der Waals surface area contributed by atoms with Gasteiger partial charge in [0, 0.05) is 6.61 Å². The summed E-state index contributed by atoms with van der Waals surface area (Å²) in [4.78, 5) is 10.9. The molecule has 1 saturated heterocycles. The van der Waals surface area contributed by atoms with Crippen LogP contribution in [-0.2, 0) is 14.3 Å². The van der Waals surface area contributed by atoms with E-state index in [2.05, 4.69) is 5.32 Å². The fourth-order valence-electron chi connectivity index (χ4n) is 1.57. The van der Waals surface area contributed by atoms with Crippen LogP contribution >= 0.6 is 0 Å². The summed E-state index contributed by atoms with van der Waals surface area (Å²) in [6, 6.07) is 0. The molecule has 82 valence electrons. The second-order valence-electron chi connectivity index (χ2n) is 3.51. The summed E-state index contributed by atoms with van der Waals surface area (Å²) in [5.74, 6) is 0.453. The van der Waals surface area contributed by atoms with Crippen LogP contribution in [0.5, 0.6) is 0 Å². The molecule has 0 radical (unpaired) electrons. The third-order valence-electron chi connectivity index (χ3n) is 2.36. The van der Waals surface area contributed by atoms with Crippen LogP contribution in [0.4, 0.5) is 0 Å². The average Bonchev–Trinajstić information content (AvgIpc) is 2.65. The first-order valence-electron chi connectivity index (χ1n) is 5.27. The number of ether oxygens (including phenoxy) is 2. The highest BCUT2D eigenvalue weighted by atomic mass is 16.6. The van der Waals surface area contributed by atoms with Crippen molar-refractivity contribution in [1.29, 1.82) is 0 Å². The van der Waals surface area contributed by atoms with E-state index in [-0.39, 0.29) is 12.6 Å². The van der Waals surface area contributed by atoms with Gasteiger partial charge in [0.1, 0.15) is 6.61 Å². The summed E-state index contributed by atoms with van der Waals surface area (Å²) >= 11 is 0. The minimum Gasteiger partial charge on any atom is -0.464 e. The molecule has 1 unspecified atom stereocenters. The van der Waals surface area contributed by atoms with Gasteiger partial charge in [-0.25, -0.2) is 4.79 Å². The van der Waals surface area contributed by atoms with Crippen LogP contribution in [0.3, 0.4) is 0 Å². The van der Waals surface area contributed by atoms with E-state index in [1.165, 1.54) is 6.42 Å². The maximum absolute atomic E-state index is 10.9. The molecule has 0 saturated carbocycles. The third-order valence-corrected chi connectivity index (χ3v) is 2.36. The zero-order valence-electron chi connectivity index (χ0n) is 8.75. The maximum atomic E-state index is 10.9. The standard InChI is InChI=1S/C10H19NO3/c1-2-14-10(12)8-13-6-4-9-3-5-11-7-9/h9,11H,2-8H2,1H3. The highest BCUT2D eigenvalue weighted by molar-refractivity contribution is 5.70. The fourth-order valence-corrected chi connectivity index (χ4v) is 1.57. The van der Waals surface area contributed by atoms with Crippen molar-refractivity contribution in [3.63, 3.8) is 0 Å². The Balaban J connectivity index is 1.90. The van der Waals surface area contributed by atoms with E-state index in [9.17, 15) is 4.79 Å². The van der Waals surface area contributed by atoms with Gasteiger partial charge in [-0.05, 0) is 38.8 Å². The molecular formula is C10H19NO3. The topological polar surface area (TPSA) is 47.6 Å². The Morgan fingerprint density at radius 3 is 3.07 bits per heavy atom. The number of rotatable bonds is 6. The molecule has 1 rings (SSSR count). The Bertz CT molecular complexity index is 167. The zero-order chi connectivity index (χ0) is 10.2. The van der Waals surface area contributed by atoms with Crippen molar-refractivity contribution in [3.05, 3.63) is 0 Å². The van der Waals surface area contributed by atoms with Crippen LogP contribution in [0.2, 0.25) is 0 Å². The molecule has 1 fully saturated rings. The van der Waals surface area contributed by atoms with Gasteiger partial charge in [-0.15, -0.1) is 0 Å². The molecular weight excluding hydrogens is 182 g/mol. The summed E-state index contributed by atoms with van der Waals surface area (Å²) < 4.78 is 9.95. The van der Waals surface area contributed by atoms with Crippen LogP contribution in [0.1, 0.15) is 19.8 Å². The Kier molecular flexibility index (Phi) is 5.56. The summed E-state index contributed by atoms with van der Waals surface area (Å²) in [7, 11) is 0. The molecule has 0 spiro atoms. The van der Waals surface area contributed by atoms with Crippen LogP contribution in [0, 0.1) is 5.92 Å². The first kappa shape index (κ1) is 11.5. The van der Waals surface area contributed by atoms with Gasteiger partial charge in [-0.3, -0.25) is 0 Å². The maximum Gasteiger partial charge on any atom is 0.332 e. The van der Waals surface area contributed by atoms with E-state index in [1.54, 1.807) is 6.92 Å². The fraction of sp³-hybridized carbons (Fsp3) is 0.900. The Labute approximate surface area is 85.0 Å². The van der Waals surface area contributed by atoms with Crippen molar-refractivity contribution < 1.29 is 14.3 Å². The third kappa shape index (κ3) is 4.58.